The Morgan fingerprint density at radius 3 is 2.71 bits per heavy atom. The first-order valence-corrected chi connectivity index (χ1v) is 6.68. The van der Waals surface area contributed by atoms with Gasteiger partial charge in [0.25, 0.3) is 0 Å². The summed E-state index contributed by atoms with van der Waals surface area (Å²) in [4.78, 5) is 5.70. The van der Waals surface area contributed by atoms with Crippen molar-refractivity contribution in [3.05, 3.63) is 38.7 Å². The molecule has 0 fully saturated rings. The summed E-state index contributed by atoms with van der Waals surface area (Å²) in [5, 5.41) is 1.80. The highest BCUT2D eigenvalue weighted by molar-refractivity contribution is 7.12. The molecule has 1 aromatic carbocycles. The Bertz CT molecular complexity index is 546. The summed E-state index contributed by atoms with van der Waals surface area (Å²) < 4.78 is 0. The molecule has 1 atom stereocenters. The van der Waals surface area contributed by atoms with E-state index in [1.807, 2.05) is 39.0 Å². The predicted molar refractivity (Wildman–Crippen MR) is 74.6 cm³/mol. The minimum atomic E-state index is -0.00502. The summed E-state index contributed by atoms with van der Waals surface area (Å²) in [5.41, 5.74) is 9.10. The first-order chi connectivity index (χ1) is 8.00. The quantitative estimate of drug-likeness (QED) is 0.889. The number of nitrogens with zero attached hydrogens (tertiary/aromatic N) is 1. The summed E-state index contributed by atoms with van der Waals surface area (Å²) >= 11 is 7.80. The van der Waals surface area contributed by atoms with Gasteiger partial charge in [-0.25, -0.2) is 4.98 Å². The van der Waals surface area contributed by atoms with Crippen molar-refractivity contribution >= 4 is 22.9 Å². The van der Waals surface area contributed by atoms with Gasteiger partial charge in [0.05, 0.1) is 10.7 Å². The molecule has 1 aromatic heterocycles. The highest BCUT2D eigenvalue weighted by atomic mass is 35.5. The van der Waals surface area contributed by atoms with Crippen LogP contribution in [-0.4, -0.2) is 4.98 Å². The Kier molecular flexibility index (Phi) is 3.52. The third-order valence-corrected chi connectivity index (χ3v) is 4.28. The van der Waals surface area contributed by atoms with Gasteiger partial charge in [0.2, 0.25) is 0 Å². The third-order valence-electron chi connectivity index (χ3n) is 2.70. The van der Waals surface area contributed by atoms with Crippen molar-refractivity contribution in [2.45, 2.75) is 26.8 Å². The van der Waals surface area contributed by atoms with E-state index in [4.69, 9.17) is 17.3 Å². The maximum Gasteiger partial charge on any atom is 0.0905 e. The lowest BCUT2D eigenvalue weighted by Gasteiger charge is -2.09. The first kappa shape index (κ1) is 12.6. The van der Waals surface area contributed by atoms with Crippen molar-refractivity contribution in [2.24, 2.45) is 5.73 Å². The van der Waals surface area contributed by atoms with Crippen molar-refractivity contribution in [2.75, 3.05) is 0 Å². The van der Waals surface area contributed by atoms with Crippen LogP contribution in [0.5, 0.6) is 0 Å². The number of aromatic nitrogens is 1. The van der Waals surface area contributed by atoms with E-state index in [9.17, 15) is 0 Å². The standard InChI is InChI=1S/C13H15ClN2S/c1-7-10(5-4-6-11(7)14)12-13(8(2)15)17-9(3)16-12/h4-6,8H,15H2,1-3H3. The molecule has 2 aromatic rings. The molecule has 0 spiro atoms. The van der Waals surface area contributed by atoms with Gasteiger partial charge in [0, 0.05) is 21.5 Å². The average molecular weight is 267 g/mol. The summed E-state index contributed by atoms with van der Waals surface area (Å²) in [7, 11) is 0. The van der Waals surface area contributed by atoms with Gasteiger partial charge in [-0.05, 0) is 32.4 Å². The van der Waals surface area contributed by atoms with Gasteiger partial charge < -0.3 is 5.73 Å². The van der Waals surface area contributed by atoms with Gasteiger partial charge in [-0.3, -0.25) is 0 Å². The Balaban J connectivity index is 2.64. The maximum atomic E-state index is 6.15. The van der Waals surface area contributed by atoms with Crippen LogP contribution >= 0.6 is 22.9 Å². The molecule has 2 nitrogen and oxygen atoms in total. The Labute approximate surface area is 110 Å². The van der Waals surface area contributed by atoms with Crippen LogP contribution in [0.1, 0.15) is 28.4 Å². The fourth-order valence-electron chi connectivity index (χ4n) is 1.81. The highest BCUT2D eigenvalue weighted by Crippen LogP contribution is 2.35. The third kappa shape index (κ3) is 2.37. The summed E-state index contributed by atoms with van der Waals surface area (Å²) in [5.74, 6) is 0. The van der Waals surface area contributed by atoms with Crippen LogP contribution in [0.25, 0.3) is 11.3 Å². The van der Waals surface area contributed by atoms with E-state index < -0.39 is 0 Å². The molecule has 0 aliphatic rings. The average Bonchev–Trinajstić information content (AvgIpc) is 2.64. The summed E-state index contributed by atoms with van der Waals surface area (Å²) in [6, 6.07) is 5.88. The number of nitrogens with two attached hydrogens (primary N) is 1. The zero-order valence-corrected chi connectivity index (χ0v) is 11.7. The van der Waals surface area contributed by atoms with E-state index in [-0.39, 0.29) is 6.04 Å². The SMILES string of the molecule is Cc1nc(-c2cccc(Cl)c2C)c(C(C)N)s1. The molecular formula is C13H15ClN2S. The van der Waals surface area contributed by atoms with Gasteiger partial charge in [-0.15, -0.1) is 11.3 Å². The number of benzene rings is 1. The molecule has 17 heavy (non-hydrogen) atoms. The number of thiazole rings is 1. The molecule has 0 saturated carbocycles. The Morgan fingerprint density at radius 1 is 1.35 bits per heavy atom. The van der Waals surface area contributed by atoms with Gasteiger partial charge in [-0.1, -0.05) is 23.7 Å². The van der Waals surface area contributed by atoms with E-state index in [1.54, 1.807) is 11.3 Å². The van der Waals surface area contributed by atoms with Crippen LogP contribution in [-0.2, 0) is 0 Å². The molecule has 0 amide bonds. The van der Waals surface area contributed by atoms with Gasteiger partial charge >= 0.3 is 0 Å². The zero-order chi connectivity index (χ0) is 12.6. The van der Waals surface area contributed by atoms with E-state index in [2.05, 4.69) is 4.98 Å². The van der Waals surface area contributed by atoms with E-state index in [0.717, 1.165) is 31.7 Å². The molecule has 0 radical (unpaired) electrons. The smallest absolute Gasteiger partial charge is 0.0905 e. The molecule has 90 valence electrons. The first-order valence-electron chi connectivity index (χ1n) is 5.49. The second-order valence-electron chi connectivity index (χ2n) is 4.15. The Hall–Kier alpha value is -0.900. The fourth-order valence-corrected chi connectivity index (χ4v) is 2.88. The molecule has 0 saturated heterocycles. The second kappa shape index (κ2) is 4.77. The minimum Gasteiger partial charge on any atom is -0.323 e. The number of rotatable bonds is 2. The number of hydrogen-bond donors (Lipinski definition) is 1. The highest BCUT2D eigenvalue weighted by Gasteiger charge is 2.16. The number of hydrogen-bond acceptors (Lipinski definition) is 3. The molecule has 0 bridgehead atoms. The summed E-state index contributed by atoms with van der Waals surface area (Å²) in [6.45, 7) is 5.99. The minimum absolute atomic E-state index is 0.00502. The lowest BCUT2D eigenvalue weighted by atomic mass is 10.0. The topological polar surface area (TPSA) is 38.9 Å². The van der Waals surface area contributed by atoms with Crippen molar-refractivity contribution in [1.29, 1.82) is 0 Å². The lowest BCUT2D eigenvalue weighted by molar-refractivity contribution is 0.837. The Morgan fingerprint density at radius 2 is 2.06 bits per heavy atom. The molecule has 0 aliphatic carbocycles. The second-order valence-corrected chi connectivity index (χ2v) is 5.79. The molecular weight excluding hydrogens is 252 g/mol. The normalized spacial score (nSPS) is 12.8. The van der Waals surface area contributed by atoms with E-state index in [0.29, 0.717) is 0 Å². The monoisotopic (exact) mass is 266 g/mol. The molecule has 0 aliphatic heterocycles. The molecule has 2 N–H and O–H groups in total. The van der Waals surface area contributed by atoms with Crippen LogP contribution in [0.4, 0.5) is 0 Å². The largest absolute Gasteiger partial charge is 0.323 e. The number of aryl methyl sites for hydroxylation is 1. The molecule has 4 heteroatoms. The molecule has 1 heterocycles. The van der Waals surface area contributed by atoms with Crippen LogP contribution < -0.4 is 5.73 Å². The van der Waals surface area contributed by atoms with Gasteiger partial charge in [-0.2, -0.15) is 0 Å². The fraction of sp³-hybridized carbons (Fsp3) is 0.308. The van der Waals surface area contributed by atoms with E-state index >= 15 is 0 Å². The lowest BCUT2D eigenvalue weighted by Crippen LogP contribution is -2.04. The van der Waals surface area contributed by atoms with Crippen LogP contribution in [0.3, 0.4) is 0 Å². The molecule has 1 unspecified atom stereocenters. The van der Waals surface area contributed by atoms with Gasteiger partial charge in [0.1, 0.15) is 0 Å². The molecule has 2 rings (SSSR count). The number of halogens is 1. The van der Waals surface area contributed by atoms with Gasteiger partial charge in [0.15, 0.2) is 0 Å². The van der Waals surface area contributed by atoms with E-state index in [1.165, 1.54) is 0 Å². The van der Waals surface area contributed by atoms with Crippen molar-refractivity contribution < 1.29 is 0 Å². The van der Waals surface area contributed by atoms with Crippen LogP contribution in [0, 0.1) is 13.8 Å². The van der Waals surface area contributed by atoms with Crippen LogP contribution in [0.2, 0.25) is 5.02 Å². The van der Waals surface area contributed by atoms with Crippen molar-refractivity contribution in [1.82, 2.24) is 4.98 Å². The van der Waals surface area contributed by atoms with Crippen molar-refractivity contribution in [3.63, 3.8) is 0 Å². The predicted octanol–water partition coefficient (Wildman–Crippen LogP) is 4.10. The summed E-state index contributed by atoms with van der Waals surface area (Å²) in [6.07, 6.45) is 0. The van der Waals surface area contributed by atoms with Crippen LogP contribution in [0.15, 0.2) is 18.2 Å². The zero-order valence-electron chi connectivity index (χ0n) is 10.1. The van der Waals surface area contributed by atoms with Crippen molar-refractivity contribution in [3.8, 4) is 11.3 Å². The maximum absolute atomic E-state index is 6.15.